The molecule has 1 N–H and O–H groups in total. The van der Waals surface area contributed by atoms with E-state index in [0.717, 1.165) is 30.4 Å². The van der Waals surface area contributed by atoms with Crippen LogP contribution in [0.1, 0.15) is 29.6 Å². The largest absolute Gasteiger partial charge is 0.495 e. The van der Waals surface area contributed by atoms with Crippen LogP contribution in [0.15, 0.2) is 77.7 Å². The van der Waals surface area contributed by atoms with Crippen molar-refractivity contribution in [3.63, 3.8) is 0 Å². The Bertz CT molecular complexity index is 1190. The van der Waals surface area contributed by atoms with Gasteiger partial charge in [0.1, 0.15) is 5.75 Å². The topological polar surface area (TPSA) is 75.7 Å². The molecule has 0 unspecified atom stereocenters. The Morgan fingerprint density at radius 3 is 2.19 bits per heavy atom. The van der Waals surface area contributed by atoms with Crippen molar-refractivity contribution in [2.45, 2.75) is 24.2 Å². The molecule has 0 bridgehead atoms. The number of rotatable bonds is 6. The Balaban J connectivity index is 1.56. The van der Waals surface area contributed by atoms with Crippen LogP contribution in [-0.4, -0.2) is 38.8 Å². The smallest absolute Gasteiger partial charge is 0.255 e. The van der Waals surface area contributed by atoms with Crippen molar-refractivity contribution in [3.05, 3.63) is 78.4 Å². The Morgan fingerprint density at radius 2 is 1.53 bits per heavy atom. The number of amides is 1. The number of hydrogen-bond acceptors (Lipinski definition) is 4. The number of nitrogens with zero attached hydrogens (tertiary/aromatic N) is 1. The van der Waals surface area contributed by atoms with Gasteiger partial charge in [-0.1, -0.05) is 48.9 Å². The minimum atomic E-state index is -3.62. The van der Waals surface area contributed by atoms with Gasteiger partial charge in [-0.3, -0.25) is 4.79 Å². The molecule has 32 heavy (non-hydrogen) atoms. The molecule has 0 radical (unpaired) electrons. The molecule has 166 valence electrons. The van der Waals surface area contributed by atoms with Crippen LogP contribution >= 0.6 is 0 Å². The lowest BCUT2D eigenvalue weighted by Crippen LogP contribution is -2.35. The fraction of sp³-hybridized carbons (Fsp3) is 0.240. The quantitative estimate of drug-likeness (QED) is 0.586. The normalized spacial score (nSPS) is 14.7. The molecular weight excluding hydrogens is 424 g/mol. The zero-order chi connectivity index (χ0) is 22.6. The first-order valence-corrected chi connectivity index (χ1v) is 12.1. The van der Waals surface area contributed by atoms with Crippen molar-refractivity contribution in [2.75, 3.05) is 25.5 Å². The monoisotopic (exact) mass is 450 g/mol. The first-order chi connectivity index (χ1) is 15.5. The number of anilines is 1. The summed E-state index contributed by atoms with van der Waals surface area (Å²) in [6, 6.07) is 21.7. The lowest BCUT2D eigenvalue weighted by atomic mass is 10.0. The molecule has 0 aliphatic carbocycles. The lowest BCUT2D eigenvalue weighted by Gasteiger charge is -2.26. The highest BCUT2D eigenvalue weighted by Crippen LogP contribution is 2.30. The van der Waals surface area contributed by atoms with Gasteiger partial charge < -0.3 is 10.1 Å². The summed E-state index contributed by atoms with van der Waals surface area (Å²) in [6.45, 7) is 1.04. The second-order valence-corrected chi connectivity index (χ2v) is 9.66. The molecule has 1 heterocycles. The maximum Gasteiger partial charge on any atom is 0.255 e. The predicted octanol–water partition coefficient (Wildman–Crippen LogP) is 4.79. The minimum absolute atomic E-state index is 0.148. The van der Waals surface area contributed by atoms with Crippen LogP contribution in [0, 0.1) is 0 Å². The van der Waals surface area contributed by atoms with Crippen molar-refractivity contribution < 1.29 is 17.9 Å². The highest BCUT2D eigenvalue weighted by molar-refractivity contribution is 7.89. The van der Waals surface area contributed by atoms with Gasteiger partial charge in [-0.25, -0.2) is 8.42 Å². The summed E-state index contributed by atoms with van der Waals surface area (Å²) in [7, 11) is -2.14. The van der Waals surface area contributed by atoms with E-state index in [1.54, 1.807) is 18.2 Å². The van der Waals surface area contributed by atoms with Gasteiger partial charge in [0.15, 0.2) is 0 Å². The van der Waals surface area contributed by atoms with E-state index in [-0.39, 0.29) is 10.8 Å². The van der Waals surface area contributed by atoms with Crippen molar-refractivity contribution in [1.29, 1.82) is 0 Å². The third kappa shape index (κ3) is 4.69. The molecule has 4 rings (SSSR count). The summed E-state index contributed by atoms with van der Waals surface area (Å²) >= 11 is 0. The van der Waals surface area contributed by atoms with Crippen molar-refractivity contribution >= 4 is 21.6 Å². The van der Waals surface area contributed by atoms with Gasteiger partial charge in [-0.05, 0) is 54.3 Å². The molecule has 1 aliphatic heterocycles. The zero-order valence-electron chi connectivity index (χ0n) is 18.0. The summed E-state index contributed by atoms with van der Waals surface area (Å²) in [4.78, 5) is 13.0. The first-order valence-electron chi connectivity index (χ1n) is 10.6. The van der Waals surface area contributed by atoms with Crippen LogP contribution in [0.2, 0.25) is 0 Å². The van der Waals surface area contributed by atoms with Gasteiger partial charge in [-0.15, -0.1) is 0 Å². The standard InChI is InChI=1S/C25H26N2O4S/c1-31-24-15-14-22(32(29,30)27-16-6-3-7-17-27)18-23(24)26-25(28)21-12-10-20(11-13-21)19-8-4-2-5-9-19/h2,4-5,8-15,18H,3,6-7,16-17H2,1H3,(H,26,28). The number of piperidine rings is 1. The molecular formula is C25H26N2O4S. The molecule has 1 saturated heterocycles. The summed E-state index contributed by atoms with van der Waals surface area (Å²) in [5, 5.41) is 2.81. The molecule has 6 nitrogen and oxygen atoms in total. The van der Waals surface area contributed by atoms with Crippen LogP contribution in [-0.2, 0) is 10.0 Å². The maximum absolute atomic E-state index is 13.0. The second kappa shape index (κ2) is 9.54. The molecule has 1 aliphatic rings. The van der Waals surface area contributed by atoms with Crippen molar-refractivity contribution in [3.8, 4) is 16.9 Å². The van der Waals surface area contributed by atoms with E-state index in [1.165, 1.54) is 23.5 Å². The third-order valence-electron chi connectivity index (χ3n) is 5.63. The summed E-state index contributed by atoms with van der Waals surface area (Å²) < 4.78 is 32.9. The van der Waals surface area contributed by atoms with E-state index in [9.17, 15) is 13.2 Å². The Kier molecular flexibility index (Phi) is 6.58. The number of benzene rings is 3. The molecule has 0 atom stereocenters. The summed E-state index contributed by atoms with van der Waals surface area (Å²) in [5.41, 5.74) is 2.87. The van der Waals surface area contributed by atoms with Crippen LogP contribution in [0.25, 0.3) is 11.1 Å². The second-order valence-electron chi connectivity index (χ2n) is 7.72. The van der Waals surface area contributed by atoms with Gasteiger partial charge in [0.05, 0.1) is 17.7 Å². The van der Waals surface area contributed by atoms with E-state index in [4.69, 9.17) is 4.74 Å². The number of nitrogens with one attached hydrogen (secondary N) is 1. The molecule has 7 heteroatoms. The van der Waals surface area contributed by atoms with E-state index in [1.807, 2.05) is 42.5 Å². The van der Waals surface area contributed by atoms with Gasteiger partial charge in [-0.2, -0.15) is 4.31 Å². The maximum atomic E-state index is 13.0. The number of methoxy groups -OCH3 is 1. The van der Waals surface area contributed by atoms with E-state index in [2.05, 4.69) is 5.32 Å². The molecule has 0 saturated carbocycles. The molecule has 1 amide bonds. The fourth-order valence-electron chi connectivity index (χ4n) is 3.84. The summed E-state index contributed by atoms with van der Waals surface area (Å²) in [6.07, 6.45) is 2.76. The van der Waals surface area contributed by atoms with Crippen molar-refractivity contribution in [2.24, 2.45) is 0 Å². The Hall–Kier alpha value is -3.16. The van der Waals surface area contributed by atoms with Gasteiger partial charge in [0, 0.05) is 18.7 Å². The molecule has 3 aromatic carbocycles. The Morgan fingerprint density at radius 1 is 0.875 bits per heavy atom. The van der Waals surface area contributed by atoms with E-state index in [0.29, 0.717) is 30.1 Å². The lowest BCUT2D eigenvalue weighted by molar-refractivity contribution is 0.102. The van der Waals surface area contributed by atoms with Crippen LogP contribution in [0.5, 0.6) is 5.75 Å². The molecule has 0 spiro atoms. The van der Waals surface area contributed by atoms with E-state index >= 15 is 0 Å². The third-order valence-corrected chi connectivity index (χ3v) is 7.52. The number of carbonyl (C=O) groups is 1. The Labute approximate surface area is 188 Å². The first kappa shape index (κ1) is 22.0. The van der Waals surface area contributed by atoms with Crippen LogP contribution in [0.4, 0.5) is 5.69 Å². The van der Waals surface area contributed by atoms with Crippen LogP contribution in [0.3, 0.4) is 0 Å². The van der Waals surface area contributed by atoms with Gasteiger partial charge in [0.2, 0.25) is 10.0 Å². The summed E-state index contributed by atoms with van der Waals surface area (Å²) in [5.74, 6) is 0.0623. The number of carbonyl (C=O) groups excluding carboxylic acids is 1. The highest BCUT2D eigenvalue weighted by atomic mass is 32.2. The number of sulfonamides is 1. The molecule has 3 aromatic rings. The SMILES string of the molecule is COc1ccc(S(=O)(=O)N2CCCCC2)cc1NC(=O)c1ccc(-c2ccccc2)cc1. The van der Waals surface area contributed by atoms with Gasteiger partial charge >= 0.3 is 0 Å². The molecule has 0 aromatic heterocycles. The minimum Gasteiger partial charge on any atom is -0.495 e. The average Bonchev–Trinajstić information content (AvgIpc) is 2.85. The number of ether oxygens (including phenoxy) is 1. The van der Waals surface area contributed by atoms with Gasteiger partial charge in [0.25, 0.3) is 5.91 Å². The van der Waals surface area contributed by atoms with Crippen molar-refractivity contribution in [1.82, 2.24) is 4.31 Å². The fourth-order valence-corrected chi connectivity index (χ4v) is 5.38. The molecule has 1 fully saturated rings. The van der Waals surface area contributed by atoms with E-state index < -0.39 is 10.0 Å². The predicted molar refractivity (Wildman–Crippen MR) is 125 cm³/mol. The van der Waals surface area contributed by atoms with Crippen LogP contribution < -0.4 is 10.1 Å². The average molecular weight is 451 g/mol. The number of hydrogen-bond donors (Lipinski definition) is 1. The zero-order valence-corrected chi connectivity index (χ0v) is 18.8. The highest BCUT2D eigenvalue weighted by Gasteiger charge is 2.27.